The van der Waals surface area contributed by atoms with Crippen LogP contribution in [0.1, 0.15) is 19.4 Å². The molecule has 0 saturated carbocycles. The standard InChI is InChI=1S/C16H20N2O2S/c1-3-13-6-5-7-15(12-13)18-21(19,20)16-10-8-14(9-11-16)17-4-2/h5-12,17-18H,3-4H2,1-2H3. The quantitative estimate of drug-likeness (QED) is 0.859. The summed E-state index contributed by atoms with van der Waals surface area (Å²) in [7, 11) is -3.55. The monoisotopic (exact) mass is 304 g/mol. The van der Waals surface area contributed by atoms with Gasteiger partial charge in [-0.2, -0.15) is 0 Å². The molecule has 0 spiro atoms. The molecule has 112 valence electrons. The highest BCUT2D eigenvalue weighted by Gasteiger charge is 2.14. The zero-order valence-corrected chi connectivity index (χ0v) is 13.1. The lowest BCUT2D eigenvalue weighted by Crippen LogP contribution is -2.13. The third kappa shape index (κ3) is 3.98. The van der Waals surface area contributed by atoms with Gasteiger partial charge < -0.3 is 5.32 Å². The van der Waals surface area contributed by atoms with Crippen LogP contribution >= 0.6 is 0 Å². The Labute approximate surface area is 126 Å². The number of sulfonamides is 1. The van der Waals surface area contributed by atoms with E-state index >= 15 is 0 Å². The number of hydrogen-bond donors (Lipinski definition) is 2. The Hall–Kier alpha value is -2.01. The lowest BCUT2D eigenvalue weighted by molar-refractivity contribution is 0.601. The molecule has 5 heteroatoms. The van der Waals surface area contributed by atoms with Crippen molar-refractivity contribution in [3.63, 3.8) is 0 Å². The van der Waals surface area contributed by atoms with Crippen LogP contribution in [0.25, 0.3) is 0 Å². The van der Waals surface area contributed by atoms with E-state index in [1.165, 1.54) is 0 Å². The minimum atomic E-state index is -3.55. The topological polar surface area (TPSA) is 58.2 Å². The van der Waals surface area contributed by atoms with Gasteiger partial charge in [-0.15, -0.1) is 0 Å². The first-order valence-electron chi connectivity index (χ1n) is 7.01. The van der Waals surface area contributed by atoms with Crippen molar-refractivity contribution in [3.8, 4) is 0 Å². The third-order valence-electron chi connectivity index (χ3n) is 3.13. The predicted octanol–water partition coefficient (Wildman–Crippen LogP) is 3.48. The van der Waals surface area contributed by atoms with Crippen molar-refractivity contribution in [3.05, 3.63) is 54.1 Å². The zero-order chi connectivity index (χ0) is 15.3. The second kappa shape index (κ2) is 6.63. The maximum absolute atomic E-state index is 12.3. The van der Waals surface area contributed by atoms with Gasteiger partial charge in [0.25, 0.3) is 10.0 Å². The highest BCUT2D eigenvalue weighted by atomic mass is 32.2. The molecule has 2 N–H and O–H groups in total. The Morgan fingerprint density at radius 2 is 1.67 bits per heavy atom. The molecule has 21 heavy (non-hydrogen) atoms. The van der Waals surface area contributed by atoms with Gasteiger partial charge in [-0.3, -0.25) is 4.72 Å². The Kier molecular flexibility index (Phi) is 4.85. The molecule has 0 amide bonds. The number of hydrogen-bond acceptors (Lipinski definition) is 3. The molecule has 0 atom stereocenters. The molecule has 0 saturated heterocycles. The summed E-state index contributed by atoms with van der Waals surface area (Å²) in [6.07, 6.45) is 0.868. The van der Waals surface area contributed by atoms with Crippen molar-refractivity contribution in [2.45, 2.75) is 25.2 Å². The van der Waals surface area contributed by atoms with Gasteiger partial charge in [-0.25, -0.2) is 8.42 Å². The van der Waals surface area contributed by atoms with Gasteiger partial charge in [0.1, 0.15) is 0 Å². The molecule has 0 heterocycles. The zero-order valence-electron chi connectivity index (χ0n) is 12.3. The molecule has 0 aliphatic rings. The van der Waals surface area contributed by atoms with Gasteiger partial charge >= 0.3 is 0 Å². The largest absolute Gasteiger partial charge is 0.385 e. The lowest BCUT2D eigenvalue weighted by Gasteiger charge is -2.10. The summed E-state index contributed by atoms with van der Waals surface area (Å²) in [4.78, 5) is 0.256. The van der Waals surface area contributed by atoms with Gasteiger partial charge in [0.05, 0.1) is 4.90 Å². The highest BCUT2D eigenvalue weighted by molar-refractivity contribution is 7.92. The molecule has 0 fully saturated rings. The van der Waals surface area contributed by atoms with Crippen molar-refractivity contribution < 1.29 is 8.42 Å². The molecule has 4 nitrogen and oxygen atoms in total. The summed E-state index contributed by atoms with van der Waals surface area (Å²) in [6, 6.07) is 14.2. The lowest BCUT2D eigenvalue weighted by atomic mass is 10.1. The van der Waals surface area contributed by atoms with Crippen LogP contribution in [0.15, 0.2) is 53.4 Å². The molecule has 0 radical (unpaired) electrons. The van der Waals surface area contributed by atoms with Crippen LogP contribution in [0.4, 0.5) is 11.4 Å². The van der Waals surface area contributed by atoms with Crippen LogP contribution in [0.5, 0.6) is 0 Å². The molecule has 0 aromatic heterocycles. The highest BCUT2D eigenvalue weighted by Crippen LogP contribution is 2.19. The van der Waals surface area contributed by atoms with Gasteiger partial charge in [-0.05, 0) is 55.3 Å². The molecule has 2 aromatic carbocycles. The van der Waals surface area contributed by atoms with E-state index < -0.39 is 10.0 Å². The Balaban J connectivity index is 2.21. The Morgan fingerprint density at radius 3 is 2.29 bits per heavy atom. The van der Waals surface area contributed by atoms with E-state index in [1.54, 1.807) is 30.3 Å². The van der Waals surface area contributed by atoms with Gasteiger partial charge in [-0.1, -0.05) is 19.1 Å². The fraction of sp³-hybridized carbons (Fsp3) is 0.250. The summed E-state index contributed by atoms with van der Waals surface area (Å²) in [6.45, 7) is 4.83. The molecule has 0 bridgehead atoms. The third-order valence-corrected chi connectivity index (χ3v) is 4.53. The molecule has 0 unspecified atom stereocenters. The Bertz CT molecular complexity index is 694. The number of anilines is 2. The van der Waals surface area contributed by atoms with Crippen molar-refractivity contribution in [1.82, 2.24) is 0 Å². The molecular weight excluding hydrogens is 284 g/mol. The van der Waals surface area contributed by atoms with Crippen LogP contribution in [0, 0.1) is 0 Å². The van der Waals surface area contributed by atoms with Gasteiger partial charge in [0, 0.05) is 17.9 Å². The van der Waals surface area contributed by atoms with Gasteiger partial charge in [0.2, 0.25) is 0 Å². The second-order valence-electron chi connectivity index (χ2n) is 4.71. The van der Waals surface area contributed by atoms with E-state index in [4.69, 9.17) is 0 Å². The van der Waals surface area contributed by atoms with Crippen LogP contribution in [-0.4, -0.2) is 15.0 Å². The number of aryl methyl sites for hydroxylation is 1. The maximum Gasteiger partial charge on any atom is 0.261 e. The fourth-order valence-electron chi connectivity index (χ4n) is 2.02. The van der Waals surface area contributed by atoms with E-state index in [1.807, 2.05) is 32.0 Å². The van der Waals surface area contributed by atoms with E-state index in [-0.39, 0.29) is 4.90 Å². The smallest absolute Gasteiger partial charge is 0.261 e. The summed E-state index contributed by atoms with van der Waals surface area (Å²) in [5.41, 5.74) is 2.59. The Morgan fingerprint density at radius 1 is 0.952 bits per heavy atom. The van der Waals surface area contributed by atoms with Crippen molar-refractivity contribution in [2.24, 2.45) is 0 Å². The summed E-state index contributed by atoms with van der Waals surface area (Å²) in [5.74, 6) is 0. The molecule has 0 aliphatic heterocycles. The molecule has 0 aliphatic carbocycles. The first kappa shape index (κ1) is 15.4. The van der Waals surface area contributed by atoms with E-state index in [2.05, 4.69) is 10.0 Å². The van der Waals surface area contributed by atoms with E-state index in [9.17, 15) is 8.42 Å². The minimum Gasteiger partial charge on any atom is -0.385 e. The predicted molar refractivity (Wildman–Crippen MR) is 87.2 cm³/mol. The number of rotatable bonds is 6. The summed E-state index contributed by atoms with van der Waals surface area (Å²) < 4.78 is 27.3. The molecule has 2 rings (SSSR count). The first-order valence-corrected chi connectivity index (χ1v) is 8.49. The average molecular weight is 304 g/mol. The van der Waals surface area contributed by atoms with E-state index in [0.29, 0.717) is 5.69 Å². The van der Waals surface area contributed by atoms with Crippen molar-refractivity contribution >= 4 is 21.4 Å². The molecular formula is C16H20N2O2S. The van der Waals surface area contributed by atoms with Crippen LogP contribution in [0.3, 0.4) is 0 Å². The maximum atomic E-state index is 12.3. The first-order chi connectivity index (χ1) is 10.0. The average Bonchev–Trinajstić information content (AvgIpc) is 2.48. The molecule has 2 aromatic rings. The SMILES string of the molecule is CCNc1ccc(S(=O)(=O)Nc2cccc(CC)c2)cc1. The van der Waals surface area contributed by atoms with Crippen LogP contribution in [0.2, 0.25) is 0 Å². The minimum absolute atomic E-state index is 0.256. The number of nitrogens with one attached hydrogen (secondary N) is 2. The summed E-state index contributed by atoms with van der Waals surface area (Å²) in [5, 5.41) is 3.14. The normalized spacial score (nSPS) is 11.1. The van der Waals surface area contributed by atoms with E-state index in [0.717, 1.165) is 24.2 Å². The van der Waals surface area contributed by atoms with Crippen LogP contribution in [-0.2, 0) is 16.4 Å². The summed E-state index contributed by atoms with van der Waals surface area (Å²) >= 11 is 0. The van der Waals surface area contributed by atoms with Crippen LogP contribution < -0.4 is 10.0 Å². The van der Waals surface area contributed by atoms with Crippen molar-refractivity contribution in [2.75, 3.05) is 16.6 Å². The van der Waals surface area contributed by atoms with Gasteiger partial charge in [0.15, 0.2) is 0 Å². The van der Waals surface area contributed by atoms with Crippen molar-refractivity contribution in [1.29, 1.82) is 0 Å². The number of benzene rings is 2. The second-order valence-corrected chi connectivity index (χ2v) is 6.40. The fourth-order valence-corrected chi connectivity index (χ4v) is 3.07.